The minimum atomic E-state index is -3.91. The second-order valence-corrected chi connectivity index (χ2v) is 9.63. The Bertz CT molecular complexity index is 1810. The molecule has 0 saturated carbocycles. The number of aromatic nitrogens is 7. The number of nitrogens with one attached hydrogen (secondary N) is 2. The standard InChI is InChI=1S/C21H20N8O4S/c1-11-9-12(2)23-19(22-11)26-34(32,33)15-7-5-14(6-8-15)29-13(3)10-28-16-17(24-20(28)29)27(4)21(31)25-18(16)30/h5-10H,1-4H3,(H,22,23,26)(H,25,30,31). The molecule has 5 rings (SSSR count). The zero-order valence-electron chi connectivity index (χ0n) is 18.7. The van der Waals surface area contributed by atoms with Crippen molar-refractivity contribution in [2.45, 2.75) is 25.7 Å². The van der Waals surface area contributed by atoms with Crippen LogP contribution in [-0.2, 0) is 17.1 Å². The van der Waals surface area contributed by atoms with Gasteiger partial charge in [0.1, 0.15) is 0 Å². The van der Waals surface area contributed by atoms with Crippen LogP contribution in [0.4, 0.5) is 5.95 Å². The molecule has 0 aliphatic rings. The third kappa shape index (κ3) is 3.37. The van der Waals surface area contributed by atoms with Crippen molar-refractivity contribution in [2.24, 2.45) is 7.05 Å². The molecule has 0 amide bonds. The largest absolute Gasteiger partial charge is 0.329 e. The number of aryl methyl sites for hydroxylation is 4. The van der Waals surface area contributed by atoms with Crippen molar-refractivity contribution in [3.05, 3.63) is 74.4 Å². The smallest absolute Gasteiger partial charge is 0.283 e. The normalized spacial score (nSPS) is 12.0. The van der Waals surface area contributed by atoms with Crippen molar-refractivity contribution in [1.29, 1.82) is 0 Å². The number of fused-ring (bicyclic) bond motifs is 3. The van der Waals surface area contributed by atoms with Crippen LogP contribution >= 0.6 is 0 Å². The van der Waals surface area contributed by atoms with E-state index in [1.807, 2.05) is 6.92 Å². The van der Waals surface area contributed by atoms with Crippen molar-refractivity contribution in [1.82, 2.24) is 33.5 Å². The third-order valence-electron chi connectivity index (χ3n) is 5.41. The fourth-order valence-corrected chi connectivity index (χ4v) is 4.86. The fourth-order valence-electron chi connectivity index (χ4n) is 3.92. The molecule has 0 aliphatic heterocycles. The zero-order valence-corrected chi connectivity index (χ0v) is 19.5. The SMILES string of the molecule is Cc1cc(C)nc(NS(=O)(=O)c2ccc(-n3c(C)cn4c5c(=O)[nH]c(=O)n(C)c5nc34)cc2)n1. The molecule has 0 unspecified atom stereocenters. The van der Waals surface area contributed by atoms with E-state index in [-0.39, 0.29) is 22.0 Å². The lowest BCUT2D eigenvalue weighted by atomic mass is 10.3. The Morgan fingerprint density at radius 1 is 0.971 bits per heavy atom. The monoisotopic (exact) mass is 480 g/mol. The molecule has 0 saturated heterocycles. The minimum absolute atomic E-state index is 0.00412. The lowest BCUT2D eigenvalue weighted by molar-refractivity contribution is 0.600. The Balaban J connectivity index is 1.57. The number of H-pyrrole nitrogens is 1. The molecule has 34 heavy (non-hydrogen) atoms. The van der Waals surface area contributed by atoms with Crippen LogP contribution in [0.2, 0.25) is 0 Å². The van der Waals surface area contributed by atoms with E-state index in [9.17, 15) is 18.0 Å². The van der Waals surface area contributed by atoms with E-state index in [1.54, 1.807) is 47.2 Å². The van der Waals surface area contributed by atoms with Gasteiger partial charge in [-0.25, -0.2) is 27.9 Å². The molecule has 13 heteroatoms. The Hall–Kier alpha value is -4.26. The van der Waals surface area contributed by atoms with Crippen molar-refractivity contribution in [3.63, 3.8) is 0 Å². The number of benzene rings is 1. The molecule has 0 fully saturated rings. The van der Waals surface area contributed by atoms with Gasteiger partial charge < -0.3 is 0 Å². The summed E-state index contributed by atoms with van der Waals surface area (Å²) in [6.07, 6.45) is 1.73. The lowest BCUT2D eigenvalue weighted by Crippen LogP contribution is -2.28. The van der Waals surface area contributed by atoms with Crippen LogP contribution in [0.25, 0.3) is 22.6 Å². The van der Waals surface area contributed by atoms with Gasteiger partial charge in [0.05, 0.1) is 4.90 Å². The maximum absolute atomic E-state index is 12.8. The quantitative estimate of drug-likeness (QED) is 0.392. The molecule has 4 heterocycles. The van der Waals surface area contributed by atoms with Crippen LogP contribution in [0.3, 0.4) is 0 Å². The van der Waals surface area contributed by atoms with E-state index in [0.29, 0.717) is 22.9 Å². The Kier molecular flexibility index (Phi) is 4.68. The summed E-state index contributed by atoms with van der Waals surface area (Å²) in [7, 11) is -2.39. The van der Waals surface area contributed by atoms with Gasteiger partial charge >= 0.3 is 5.69 Å². The molecule has 0 aliphatic carbocycles. The van der Waals surface area contributed by atoms with Crippen molar-refractivity contribution >= 4 is 32.9 Å². The number of hydrogen-bond donors (Lipinski definition) is 2. The van der Waals surface area contributed by atoms with Crippen molar-refractivity contribution in [3.8, 4) is 5.69 Å². The summed E-state index contributed by atoms with van der Waals surface area (Å²) in [6, 6.07) is 7.93. The number of hydrogen-bond acceptors (Lipinski definition) is 7. The van der Waals surface area contributed by atoms with Crippen molar-refractivity contribution in [2.75, 3.05) is 4.72 Å². The number of aromatic amines is 1. The molecule has 4 aromatic heterocycles. The number of rotatable bonds is 4. The van der Waals surface area contributed by atoms with Gasteiger partial charge in [-0.05, 0) is 51.1 Å². The van der Waals surface area contributed by atoms with Crippen LogP contribution in [0.1, 0.15) is 17.1 Å². The predicted octanol–water partition coefficient (Wildman–Crippen LogP) is 1.18. The predicted molar refractivity (Wildman–Crippen MR) is 125 cm³/mol. The Morgan fingerprint density at radius 3 is 2.26 bits per heavy atom. The fraction of sp³-hybridized carbons (Fsp3) is 0.190. The van der Waals surface area contributed by atoms with E-state index in [1.165, 1.54) is 23.7 Å². The molecule has 12 nitrogen and oxygen atoms in total. The van der Waals surface area contributed by atoms with Gasteiger partial charge in [0.15, 0.2) is 11.2 Å². The molecule has 2 N–H and O–H groups in total. The highest BCUT2D eigenvalue weighted by molar-refractivity contribution is 7.92. The number of anilines is 1. The summed E-state index contributed by atoms with van der Waals surface area (Å²) in [4.78, 5) is 39.4. The van der Waals surface area contributed by atoms with E-state index in [0.717, 1.165) is 5.69 Å². The topological polar surface area (TPSA) is 149 Å². The maximum atomic E-state index is 12.8. The minimum Gasteiger partial charge on any atom is -0.283 e. The van der Waals surface area contributed by atoms with Gasteiger partial charge in [-0.15, -0.1) is 0 Å². The van der Waals surface area contributed by atoms with Gasteiger partial charge in [0, 0.05) is 36.0 Å². The van der Waals surface area contributed by atoms with Gasteiger partial charge in [-0.2, -0.15) is 4.98 Å². The summed E-state index contributed by atoms with van der Waals surface area (Å²) in [5.74, 6) is 0.418. The third-order valence-corrected chi connectivity index (χ3v) is 6.76. The molecule has 5 aromatic rings. The van der Waals surface area contributed by atoms with Crippen molar-refractivity contribution < 1.29 is 8.42 Å². The highest BCUT2D eigenvalue weighted by atomic mass is 32.2. The molecule has 1 aromatic carbocycles. The van der Waals surface area contributed by atoms with Crippen LogP contribution < -0.4 is 16.0 Å². The molecule has 174 valence electrons. The highest BCUT2D eigenvalue weighted by Crippen LogP contribution is 2.22. The van der Waals surface area contributed by atoms with Crippen LogP contribution in [0.5, 0.6) is 0 Å². The van der Waals surface area contributed by atoms with Gasteiger partial charge in [0.2, 0.25) is 11.7 Å². The van der Waals surface area contributed by atoms with Gasteiger partial charge in [-0.3, -0.25) is 23.3 Å². The first-order valence-electron chi connectivity index (χ1n) is 10.2. The number of nitrogens with zero attached hydrogens (tertiary/aromatic N) is 6. The number of imidazole rings is 2. The van der Waals surface area contributed by atoms with E-state index < -0.39 is 21.3 Å². The first kappa shape index (κ1) is 21.6. The molecular formula is C21H20N8O4S. The summed E-state index contributed by atoms with van der Waals surface area (Å²) < 4.78 is 32.7. The lowest BCUT2D eigenvalue weighted by Gasteiger charge is -2.10. The molecule has 0 bridgehead atoms. The van der Waals surface area contributed by atoms with Crippen LogP contribution in [-0.4, -0.2) is 41.9 Å². The Morgan fingerprint density at radius 2 is 1.62 bits per heavy atom. The summed E-state index contributed by atoms with van der Waals surface area (Å²) in [6.45, 7) is 5.35. The second kappa shape index (κ2) is 7.38. The average molecular weight is 481 g/mol. The van der Waals surface area contributed by atoms with E-state index in [2.05, 4.69) is 24.7 Å². The molecule has 0 atom stereocenters. The average Bonchev–Trinajstić information content (AvgIpc) is 3.26. The summed E-state index contributed by atoms with van der Waals surface area (Å²) in [5.41, 5.74) is 2.08. The van der Waals surface area contributed by atoms with Crippen LogP contribution in [0, 0.1) is 20.8 Å². The van der Waals surface area contributed by atoms with Crippen LogP contribution in [0.15, 0.2) is 51.0 Å². The number of sulfonamides is 1. The second-order valence-electron chi connectivity index (χ2n) is 7.95. The summed E-state index contributed by atoms with van der Waals surface area (Å²) >= 11 is 0. The molecule has 0 spiro atoms. The highest BCUT2D eigenvalue weighted by Gasteiger charge is 2.20. The maximum Gasteiger partial charge on any atom is 0.329 e. The first-order chi connectivity index (χ1) is 16.0. The van der Waals surface area contributed by atoms with E-state index >= 15 is 0 Å². The van der Waals surface area contributed by atoms with Gasteiger partial charge in [-0.1, -0.05) is 0 Å². The summed E-state index contributed by atoms with van der Waals surface area (Å²) in [5, 5.41) is 0. The van der Waals surface area contributed by atoms with Gasteiger partial charge in [0.25, 0.3) is 15.6 Å². The molecule has 0 radical (unpaired) electrons. The zero-order chi connectivity index (χ0) is 24.4. The molecular weight excluding hydrogens is 460 g/mol. The van der Waals surface area contributed by atoms with E-state index in [4.69, 9.17) is 0 Å². The first-order valence-corrected chi connectivity index (χ1v) is 11.7. The Labute approximate surface area is 192 Å².